The molecule has 0 spiro atoms. The molecule has 1 aromatic heterocycles. The molecule has 0 aliphatic heterocycles. The Morgan fingerprint density at radius 3 is 2.88 bits per heavy atom. The molecule has 0 fully saturated rings. The van der Waals surface area contributed by atoms with Gasteiger partial charge in [-0.2, -0.15) is 0 Å². The smallest absolute Gasteiger partial charge is 0.0820 e. The molecule has 0 radical (unpaired) electrons. The lowest BCUT2D eigenvalue weighted by Crippen LogP contribution is -2.23. The molecule has 0 unspecified atom stereocenters. The van der Waals surface area contributed by atoms with E-state index in [0.29, 0.717) is 0 Å². The maximum absolute atomic E-state index is 4.49. The van der Waals surface area contributed by atoms with Crippen LogP contribution in [0.25, 0.3) is 5.57 Å². The fourth-order valence-corrected chi connectivity index (χ4v) is 2.30. The van der Waals surface area contributed by atoms with Gasteiger partial charge >= 0.3 is 0 Å². The van der Waals surface area contributed by atoms with E-state index in [2.05, 4.69) is 54.9 Å². The Bertz CT molecular complexity index is 579. The van der Waals surface area contributed by atoms with E-state index in [4.69, 9.17) is 0 Å². The summed E-state index contributed by atoms with van der Waals surface area (Å²) in [6.45, 7) is 4.45. The number of hydrogen-bond donors (Lipinski definition) is 0. The number of fused-ring (bicyclic) bond motifs is 2. The van der Waals surface area contributed by atoms with Crippen molar-refractivity contribution in [2.75, 3.05) is 0 Å². The lowest BCUT2D eigenvalue weighted by Gasteiger charge is -2.30. The Morgan fingerprint density at radius 1 is 1.19 bits per heavy atom. The molecule has 1 nitrogen and oxygen atoms in total. The van der Waals surface area contributed by atoms with Crippen molar-refractivity contribution in [2.24, 2.45) is 0 Å². The predicted molar refractivity (Wildman–Crippen MR) is 66.0 cm³/mol. The van der Waals surface area contributed by atoms with Crippen molar-refractivity contribution >= 4 is 5.57 Å². The van der Waals surface area contributed by atoms with Crippen molar-refractivity contribution in [2.45, 2.75) is 19.3 Å². The van der Waals surface area contributed by atoms with Crippen molar-refractivity contribution < 1.29 is 0 Å². The highest BCUT2D eigenvalue weighted by Crippen LogP contribution is 2.40. The zero-order chi connectivity index (χ0) is 11.2. The Kier molecular flexibility index (Phi) is 1.80. The number of aromatic nitrogens is 1. The third-order valence-corrected chi connectivity index (χ3v) is 3.32. The molecule has 3 rings (SSSR count). The van der Waals surface area contributed by atoms with E-state index in [1.54, 1.807) is 0 Å². The van der Waals surface area contributed by atoms with Gasteiger partial charge in [-0.3, -0.25) is 4.98 Å². The second-order valence-electron chi connectivity index (χ2n) is 4.70. The fourth-order valence-electron chi connectivity index (χ4n) is 2.30. The second-order valence-corrected chi connectivity index (χ2v) is 4.70. The minimum Gasteiger partial charge on any atom is -0.255 e. The molecule has 0 aromatic carbocycles. The summed E-state index contributed by atoms with van der Waals surface area (Å²) < 4.78 is 0. The predicted octanol–water partition coefficient (Wildman–Crippen LogP) is 3.41. The second kappa shape index (κ2) is 3.07. The number of allylic oxidation sites excluding steroid dienone is 5. The third kappa shape index (κ3) is 1.16. The maximum Gasteiger partial charge on any atom is 0.0820 e. The SMILES string of the molecule is CC1(C)C2=C=C(C=CC=C2)c2ncccc21. The molecule has 1 heteroatoms. The first-order chi connectivity index (χ1) is 7.69. The molecule has 2 aliphatic carbocycles. The topological polar surface area (TPSA) is 12.9 Å². The Balaban J connectivity index is 2.40. The average molecular weight is 207 g/mol. The average Bonchev–Trinajstić information content (AvgIpc) is 2.52. The van der Waals surface area contributed by atoms with Gasteiger partial charge in [-0.15, -0.1) is 5.73 Å². The molecule has 2 bridgehead atoms. The quantitative estimate of drug-likeness (QED) is 0.594. The van der Waals surface area contributed by atoms with Gasteiger partial charge in [-0.25, -0.2) is 0 Å². The fraction of sp³-hybridized carbons (Fsp3) is 0.200. The molecule has 0 saturated heterocycles. The molecule has 78 valence electrons. The zero-order valence-electron chi connectivity index (χ0n) is 9.49. The summed E-state index contributed by atoms with van der Waals surface area (Å²) in [5.41, 5.74) is 8.13. The summed E-state index contributed by atoms with van der Waals surface area (Å²) in [6, 6.07) is 4.17. The number of nitrogens with zero attached hydrogens (tertiary/aromatic N) is 1. The van der Waals surface area contributed by atoms with Gasteiger partial charge in [0.15, 0.2) is 0 Å². The Labute approximate surface area is 95.5 Å². The summed E-state index contributed by atoms with van der Waals surface area (Å²) in [6.07, 6.45) is 10.2. The van der Waals surface area contributed by atoms with Crippen LogP contribution in [0.5, 0.6) is 0 Å². The van der Waals surface area contributed by atoms with E-state index < -0.39 is 0 Å². The van der Waals surface area contributed by atoms with Crippen LogP contribution < -0.4 is 0 Å². The van der Waals surface area contributed by atoms with Crippen molar-refractivity contribution in [1.29, 1.82) is 0 Å². The zero-order valence-corrected chi connectivity index (χ0v) is 9.49. The van der Waals surface area contributed by atoms with E-state index in [1.807, 2.05) is 12.3 Å². The molecule has 1 heterocycles. The van der Waals surface area contributed by atoms with Gasteiger partial charge in [0.1, 0.15) is 0 Å². The van der Waals surface area contributed by atoms with Crippen LogP contribution in [0.3, 0.4) is 0 Å². The van der Waals surface area contributed by atoms with Gasteiger partial charge in [0.05, 0.1) is 5.69 Å². The lowest BCUT2D eigenvalue weighted by atomic mass is 9.73. The molecular weight excluding hydrogens is 194 g/mol. The molecule has 16 heavy (non-hydrogen) atoms. The molecule has 2 aliphatic rings. The molecule has 0 N–H and O–H groups in total. The van der Waals surface area contributed by atoms with Gasteiger partial charge in [-0.05, 0) is 17.7 Å². The van der Waals surface area contributed by atoms with Crippen molar-refractivity contribution in [3.8, 4) is 0 Å². The van der Waals surface area contributed by atoms with Crippen molar-refractivity contribution in [3.63, 3.8) is 0 Å². The van der Waals surface area contributed by atoms with Crippen LogP contribution in [-0.2, 0) is 5.41 Å². The van der Waals surface area contributed by atoms with Crippen LogP contribution in [0, 0.1) is 0 Å². The minimum absolute atomic E-state index is 0.00435. The van der Waals surface area contributed by atoms with Gasteiger partial charge in [0.25, 0.3) is 0 Å². The van der Waals surface area contributed by atoms with Crippen LogP contribution in [0.15, 0.2) is 53.9 Å². The third-order valence-electron chi connectivity index (χ3n) is 3.32. The largest absolute Gasteiger partial charge is 0.255 e. The Hall–Kier alpha value is -1.85. The standard InChI is InChI=1S/C15H13N/c1-15(2)12-7-4-3-6-11(10-12)14-13(15)8-5-9-16-14/h3-9H,1-2H3. The van der Waals surface area contributed by atoms with Crippen LogP contribution in [0.2, 0.25) is 0 Å². The van der Waals surface area contributed by atoms with Crippen molar-refractivity contribution in [1.82, 2.24) is 4.98 Å². The van der Waals surface area contributed by atoms with Crippen LogP contribution in [0.4, 0.5) is 0 Å². The van der Waals surface area contributed by atoms with Crippen LogP contribution in [0.1, 0.15) is 25.1 Å². The monoisotopic (exact) mass is 207 g/mol. The van der Waals surface area contributed by atoms with E-state index in [0.717, 1.165) is 11.3 Å². The first-order valence-corrected chi connectivity index (χ1v) is 5.51. The van der Waals surface area contributed by atoms with Crippen LogP contribution >= 0.6 is 0 Å². The molecule has 0 saturated carbocycles. The molecule has 0 amide bonds. The van der Waals surface area contributed by atoms with Gasteiger partial charge in [0, 0.05) is 22.8 Å². The van der Waals surface area contributed by atoms with Gasteiger partial charge in [-0.1, -0.05) is 38.1 Å². The first kappa shape index (κ1) is 9.38. The summed E-state index contributed by atoms with van der Waals surface area (Å²) in [4.78, 5) is 4.49. The van der Waals surface area contributed by atoms with Crippen molar-refractivity contribution in [3.05, 3.63) is 65.2 Å². The highest BCUT2D eigenvalue weighted by molar-refractivity contribution is 5.79. The Morgan fingerprint density at radius 2 is 2.00 bits per heavy atom. The summed E-state index contributed by atoms with van der Waals surface area (Å²) in [7, 11) is 0. The number of rotatable bonds is 0. The number of hydrogen-bond acceptors (Lipinski definition) is 1. The first-order valence-electron chi connectivity index (χ1n) is 5.51. The van der Waals surface area contributed by atoms with E-state index in [1.165, 1.54) is 11.1 Å². The summed E-state index contributed by atoms with van der Waals surface area (Å²) in [5.74, 6) is 0. The molecule has 0 atom stereocenters. The lowest BCUT2D eigenvalue weighted by molar-refractivity contribution is 0.631. The van der Waals surface area contributed by atoms with Gasteiger partial charge in [0.2, 0.25) is 0 Å². The molecular formula is C15H13N. The highest BCUT2D eigenvalue weighted by Gasteiger charge is 2.31. The van der Waals surface area contributed by atoms with E-state index in [9.17, 15) is 0 Å². The number of pyridine rings is 1. The molecule has 1 aromatic rings. The van der Waals surface area contributed by atoms with E-state index in [-0.39, 0.29) is 5.41 Å². The summed E-state index contributed by atoms with van der Waals surface area (Å²) >= 11 is 0. The summed E-state index contributed by atoms with van der Waals surface area (Å²) in [5, 5.41) is 0. The van der Waals surface area contributed by atoms with Gasteiger partial charge < -0.3 is 0 Å². The van der Waals surface area contributed by atoms with E-state index >= 15 is 0 Å². The van der Waals surface area contributed by atoms with Crippen LogP contribution in [-0.4, -0.2) is 4.98 Å². The highest BCUT2D eigenvalue weighted by atomic mass is 14.7. The normalized spacial score (nSPS) is 19.6. The minimum atomic E-state index is -0.00435. The maximum atomic E-state index is 4.49.